The van der Waals surface area contributed by atoms with Crippen molar-refractivity contribution in [1.82, 2.24) is 5.32 Å². The van der Waals surface area contributed by atoms with E-state index in [0.717, 1.165) is 17.3 Å². The first-order valence-electron chi connectivity index (χ1n) is 6.25. The lowest BCUT2D eigenvalue weighted by atomic mass is 9.95. The van der Waals surface area contributed by atoms with Gasteiger partial charge in [0.25, 0.3) is 5.91 Å². The molecule has 1 unspecified atom stereocenters. The molecule has 0 aliphatic heterocycles. The summed E-state index contributed by atoms with van der Waals surface area (Å²) in [5.74, 6) is 0.448. The molecule has 100 valence electrons. The summed E-state index contributed by atoms with van der Waals surface area (Å²) >= 11 is 9.30. The second-order valence-corrected chi connectivity index (χ2v) is 5.73. The summed E-state index contributed by atoms with van der Waals surface area (Å²) in [6.45, 7) is 6.34. The Hall–Kier alpha value is -0.540. The van der Waals surface area contributed by atoms with Gasteiger partial charge in [-0.15, -0.1) is 0 Å². The second-order valence-electron chi connectivity index (χ2n) is 4.47. The molecule has 0 saturated carbocycles. The Kier molecular flexibility index (Phi) is 6.16. The minimum Gasteiger partial charge on any atom is -0.349 e. The summed E-state index contributed by atoms with van der Waals surface area (Å²) in [7, 11) is 0. The van der Waals surface area contributed by atoms with Crippen molar-refractivity contribution in [3.8, 4) is 0 Å². The van der Waals surface area contributed by atoms with Crippen molar-refractivity contribution in [3.05, 3.63) is 33.3 Å². The zero-order chi connectivity index (χ0) is 13.7. The highest BCUT2D eigenvalue weighted by Crippen LogP contribution is 2.23. The lowest BCUT2D eigenvalue weighted by Gasteiger charge is -2.22. The van der Waals surface area contributed by atoms with Gasteiger partial charge in [-0.25, -0.2) is 0 Å². The summed E-state index contributed by atoms with van der Waals surface area (Å²) in [5.41, 5.74) is 0.598. The van der Waals surface area contributed by atoms with Crippen molar-refractivity contribution in [2.45, 2.75) is 39.7 Å². The highest BCUT2D eigenvalue weighted by atomic mass is 79.9. The van der Waals surface area contributed by atoms with Crippen molar-refractivity contribution >= 4 is 33.4 Å². The molecule has 1 N–H and O–H groups in total. The quantitative estimate of drug-likeness (QED) is 0.835. The Balaban J connectivity index is 2.73. The fraction of sp³-hybridized carbons (Fsp3) is 0.500. The maximum atomic E-state index is 12.1. The third kappa shape index (κ3) is 3.99. The summed E-state index contributed by atoms with van der Waals surface area (Å²) < 4.78 is 0.800. The van der Waals surface area contributed by atoms with Gasteiger partial charge in [-0.05, 0) is 47.0 Å². The van der Waals surface area contributed by atoms with Crippen LogP contribution in [0.25, 0.3) is 0 Å². The largest absolute Gasteiger partial charge is 0.349 e. The van der Waals surface area contributed by atoms with Crippen LogP contribution in [0, 0.1) is 5.92 Å². The fourth-order valence-electron chi connectivity index (χ4n) is 2.04. The molecular formula is C14H19BrClNO. The van der Waals surface area contributed by atoms with Crippen molar-refractivity contribution in [1.29, 1.82) is 0 Å². The highest BCUT2D eigenvalue weighted by Gasteiger charge is 2.17. The number of hydrogen-bond acceptors (Lipinski definition) is 1. The molecule has 0 bridgehead atoms. The van der Waals surface area contributed by atoms with Crippen LogP contribution < -0.4 is 5.32 Å². The van der Waals surface area contributed by atoms with Crippen LogP contribution in [0.15, 0.2) is 22.7 Å². The van der Waals surface area contributed by atoms with Gasteiger partial charge in [-0.2, -0.15) is 0 Å². The van der Waals surface area contributed by atoms with Crippen molar-refractivity contribution in [3.63, 3.8) is 0 Å². The maximum absolute atomic E-state index is 12.1. The van der Waals surface area contributed by atoms with Gasteiger partial charge in [0, 0.05) is 16.1 Å². The van der Waals surface area contributed by atoms with Crippen LogP contribution in [0.4, 0.5) is 0 Å². The van der Waals surface area contributed by atoms with E-state index < -0.39 is 0 Å². The zero-order valence-corrected chi connectivity index (χ0v) is 13.3. The summed E-state index contributed by atoms with van der Waals surface area (Å²) in [5, 5.41) is 3.59. The molecule has 0 saturated heterocycles. The lowest BCUT2D eigenvalue weighted by molar-refractivity contribution is 0.0925. The van der Waals surface area contributed by atoms with E-state index in [1.807, 2.05) is 0 Å². The standard InChI is InChI=1S/C14H19BrClNO/c1-4-10(5-2)9(3)17-14(18)11-6-7-12(15)13(16)8-11/h6-10H,4-5H2,1-3H3,(H,17,18). The first kappa shape index (κ1) is 15.5. The van der Waals surface area contributed by atoms with Crippen LogP contribution in [0.3, 0.4) is 0 Å². The van der Waals surface area contributed by atoms with E-state index in [4.69, 9.17) is 11.6 Å². The predicted octanol–water partition coefficient (Wildman–Crippen LogP) is 4.66. The van der Waals surface area contributed by atoms with Gasteiger partial charge in [0.1, 0.15) is 0 Å². The minimum absolute atomic E-state index is 0.0659. The normalized spacial score (nSPS) is 12.6. The number of carbonyl (C=O) groups is 1. The number of amides is 1. The summed E-state index contributed by atoms with van der Waals surface area (Å²) in [4.78, 5) is 12.1. The molecule has 1 aromatic rings. The highest BCUT2D eigenvalue weighted by molar-refractivity contribution is 9.10. The number of carbonyl (C=O) groups excluding carboxylic acids is 1. The van der Waals surface area contributed by atoms with Crippen molar-refractivity contribution in [2.75, 3.05) is 0 Å². The predicted molar refractivity (Wildman–Crippen MR) is 80.2 cm³/mol. The Labute approximate surface area is 122 Å². The molecule has 0 radical (unpaired) electrons. The van der Waals surface area contributed by atoms with E-state index in [9.17, 15) is 4.79 Å². The first-order valence-corrected chi connectivity index (χ1v) is 7.42. The van der Waals surface area contributed by atoms with E-state index in [1.54, 1.807) is 18.2 Å². The molecule has 1 aromatic carbocycles. The molecular weight excluding hydrogens is 314 g/mol. The Morgan fingerprint density at radius 1 is 1.39 bits per heavy atom. The molecule has 1 amide bonds. The van der Waals surface area contributed by atoms with Gasteiger partial charge in [0.05, 0.1) is 5.02 Å². The number of halogens is 2. The molecule has 0 spiro atoms. The molecule has 0 fully saturated rings. The van der Waals surface area contributed by atoms with Crippen LogP contribution >= 0.6 is 27.5 Å². The molecule has 4 heteroatoms. The molecule has 2 nitrogen and oxygen atoms in total. The molecule has 1 rings (SSSR count). The van der Waals surface area contributed by atoms with Crippen molar-refractivity contribution < 1.29 is 4.79 Å². The maximum Gasteiger partial charge on any atom is 0.251 e. The van der Waals surface area contributed by atoms with Crippen LogP contribution in [-0.2, 0) is 0 Å². The number of rotatable bonds is 5. The average Bonchev–Trinajstić information content (AvgIpc) is 2.34. The molecule has 0 aromatic heterocycles. The number of hydrogen-bond donors (Lipinski definition) is 1. The van der Waals surface area contributed by atoms with Gasteiger partial charge in [-0.3, -0.25) is 4.79 Å². The van der Waals surface area contributed by atoms with Crippen LogP contribution in [0.5, 0.6) is 0 Å². The smallest absolute Gasteiger partial charge is 0.251 e. The zero-order valence-electron chi connectivity index (χ0n) is 11.0. The average molecular weight is 333 g/mol. The van der Waals surface area contributed by atoms with Crippen LogP contribution in [-0.4, -0.2) is 11.9 Å². The fourth-order valence-corrected chi connectivity index (χ4v) is 2.47. The molecule has 1 atom stereocenters. The van der Waals surface area contributed by atoms with Crippen LogP contribution in [0.1, 0.15) is 44.0 Å². The lowest BCUT2D eigenvalue weighted by Crippen LogP contribution is -2.37. The molecule has 0 aliphatic rings. The van der Waals surface area contributed by atoms with E-state index in [0.29, 0.717) is 16.5 Å². The van der Waals surface area contributed by atoms with E-state index in [2.05, 4.69) is 42.0 Å². The van der Waals surface area contributed by atoms with E-state index in [1.165, 1.54) is 0 Å². The Morgan fingerprint density at radius 3 is 2.50 bits per heavy atom. The van der Waals surface area contributed by atoms with Gasteiger partial charge < -0.3 is 5.32 Å². The summed E-state index contributed by atoms with van der Waals surface area (Å²) in [6, 6.07) is 5.42. The van der Waals surface area contributed by atoms with Crippen LogP contribution in [0.2, 0.25) is 5.02 Å². The Morgan fingerprint density at radius 2 is 2.00 bits per heavy atom. The molecule has 0 heterocycles. The third-order valence-electron chi connectivity index (χ3n) is 3.30. The number of nitrogens with one attached hydrogen (secondary N) is 1. The topological polar surface area (TPSA) is 29.1 Å². The van der Waals surface area contributed by atoms with E-state index >= 15 is 0 Å². The van der Waals surface area contributed by atoms with Crippen molar-refractivity contribution in [2.24, 2.45) is 5.92 Å². The number of benzene rings is 1. The minimum atomic E-state index is -0.0659. The van der Waals surface area contributed by atoms with Gasteiger partial charge in [0.2, 0.25) is 0 Å². The SMILES string of the molecule is CCC(CC)C(C)NC(=O)c1ccc(Br)c(Cl)c1. The Bertz CT molecular complexity index is 418. The second kappa shape index (κ2) is 7.15. The van der Waals surface area contributed by atoms with Gasteiger partial charge >= 0.3 is 0 Å². The third-order valence-corrected chi connectivity index (χ3v) is 4.53. The monoisotopic (exact) mass is 331 g/mol. The molecule has 18 heavy (non-hydrogen) atoms. The van der Waals surface area contributed by atoms with Gasteiger partial charge in [0.15, 0.2) is 0 Å². The summed E-state index contributed by atoms with van der Waals surface area (Å²) in [6.07, 6.45) is 2.14. The van der Waals surface area contributed by atoms with E-state index in [-0.39, 0.29) is 11.9 Å². The molecule has 0 aliphatic carbocycles. The first-order chi connectivity index (χ1) is 8.49. The van der Waals surface area contributed by atoms with Gasteiger partial charge in [-0.1, -0.05) is 38.3 Å².